The topological polar surface area (TPSA) is 82.1 Å². The summed E-state index contributed by atoms with van der Waals surface area (Å²) in [6, 6.07) is 10.1. The third kappa shape index (κ3) is 5.22. The Balaban J connectivity index is 1.34. The van der Waals surface area contributed by atoms with Gasteiger partial charge < -0.3 is 25.0 Å². The zero-order valence-electron chi connectivity index (χ0n) is 17.8. The van der Waals surface area contributed by atoms with Crippen LogP contribution >= 0.6 is 0 Å². The van der Waals surface area contributed by atoms with E-state index < -0.39 is 23.4 Å². The number of hydrogen-bond donors (Lipinski definition) is 2. The second-order valence-electron chi connectivity index (χ2n) is 8.30. The van der Waals surface area contributed by atoms with Crippen LogP contribution in [0.25, 0.3) is 0 Å². The first-order valence-electron chi connectivity index (χ1n) is 10.6. The fourth-order valence-corrected chi connectivity index (χ4v) is 4.20. The van der Waals surface area contributed by atoms with Crippen LogP contribution in [0.4, 0.5) is 23.7 Å². The van der Waals surface area contributed by atoms with E-state index in [9.17, 15) is 27.9 Å². The van der Waals surface area contributed by atoms with Gasteiger partial charge in [-0.15, -0.1) is 0 Å². The fraction of sp³-hybridized carbons (Fsp3) is 0.391. The van der Waals surface area contributed by atoms with Crippen LogP contribution in [-0.2, 0) is 10.9 Å². The minimum atomic E-state index is -4.43. The quantitative estimate of drug-likeness (QED) is 0.707. The molecule has 0 atom stereocenters. The van der Waals surface area contributed by atoms with Crippen molar-refractivity contribution in [1.29, 1.82) is 0 Å². The Labute approximate surface area is 188 Å². The number of piperidine rings is 1. The molecule has 2 aromatic carbocycles. The van der Waals surface area contributed by atoms with Crippen LogP contribution in [0.2, 0.25) is 0 Å². The highest BCUT2D eigenvalue weighted by Crippen LogP contribution is 2.32. The SMILES string of the molecule is O=C(Nc1ccc(C(F)(F)F)cc1)N1CCOC2(CCN(C(=O)c3cccc(O)c3)CC2)C1. The lowest BCUT2D eigenvalue weighted by Gasteiger charge is -2.47. The summed E-state index contributed by atoms with van der Waals surface area (Å²) in [5.41, 5.74) is -0.670. The maximum Gasteiger partial charge on any atom is 0.416 e. The Kier molecular flexibility index (Phi) is 6.20. The van der Waals surface area contributed by atoms with E-state index in [-0.39, 0.29) is 17.3 Å². The Bertz CT molecular complexity index is 1020. The van der Waals surface area contributed by atoms with Crippen LogP contribution in [0, 0.1) is 0 Å². The molecule has 1 spiro atoms. The molecule has 33 heavy (non-hydrogen) atoms. The third-order valence-electron chi connectivity index (χ3n) is 6.05. The predicted molar refractivity (Wildman–Crippen MR) is 114 cm³/mol. The van der Waals surface area contributed by atoms with Crippen molar-refractivity contribution in [3.8, 4) is 5.75 Å². The summed E-state index contributed by atoms with van der Waals surface area (Å²) >= 11 is 0. The third-order valence-corrected chi connectivity index (χ3v) is 6.05. The molecular formula is C23H24F3N3O4. The average molecular weight is 463 g/mol. The van der Waals surface area contributed by atoms with E-state index in [1.54, 1.807) is 21.9 Å². The van der Waals surface area contributed by atoms with Gasteiger partial charge in [-0.1, -0.05) is 6.07 Å². The molecular weight excluding hydrogens is 439 g/mol. The Hall–Kier alpha value is -3.27. The highest BCUT2D eigenvalue weighted by molar-refractivity contribution is 5.94. The fourth-order valence-electron chi connectivity index (χ4n) is 4.20. The van der Waals surface area contributed by atoms with Crippen LogP contribution in [0.5, 0.6) is 5.75 Å². The lowest BCUT2D eigenvalue weighted by molar-refractivity contribution is -0.137. The molecule has 0 aliphatic carbocycles. The van der Waals surface area contributed by atoms with Gasteiger partial charge in [0.1, 0.15) is 5.75 Å². The minimum absolute atomic E-state index is 0.0274. The normalized spacial score (nSPS) is 18.3. The first-order valence-corrected chi connectivity index (χ1v) is 10.6. The predicted octanol–water partition coefficient (Wildman–Crippen LogP) is 3.95. The van der Waals surface area contributed by atoms with Crippen LogP contribution in [0.3, 0.4) is 0 Å². The number of halogens is 3. The van der Waals surface area contributed by atoms with Crippen molar-refractivity contribution in [3.05, 3.63) is 59.7 Å². The van der Waals surface area contributed by atoms with E-state index in [0.29, 0.717) is 51.2 Å². The standard InChI is InChI=1S/C23H24F3N3O4/c24-23(25,26)17-4-6-18(7-5-17)27-21(32)29-12-13-33-22(15-29)8-10-28(11-9-22)20(31)16-2-1-3-19(30)14-16/h1-7,14,30H,8-13,15H2,(H,27,32). The zero-order chi connectivity index (χ0) is 23.6. The number of anilines is 1. The van der Waals surface area contributed by atoms with Gasteiger partial charge in [0, 0.05) is 30.9 Å². The summed E-state index contributed by atoms with van der Waals surface area (Å²) in [5.74, 6) is -0.145. The minimum Gasteiger partial charge on any atom is -0.508 e. The number of nitrogens with one attached hydrogen (secondary N) is 1. The van der Waals surface area contributed by atoms with Crippen molar-refractivity contribution in [2.75, 3.05) is 38.1 Å². The molecule has 0 bridgehead atoms. The van der Waals surface area contributed by atoms with Crippen molar-refractivity contribution in [2.45, 2.75) is 24.6 Å². The number of aromatic hydroxyl groups is 1. The summed E-state index contributed by atoms with van der Waals surface area (Å²) in [6.07, 6.45) is -3.35. The number of ether oxygens (including phenoxy) is 1. The number of hydrogen-bond acceptors (Lipinski definition) is 4. The summed E-state index contributed by atoms with van der Waals surface area (Å²) in [7, 11) is 0. The molecule has 0 aromatic heterocycles. The first-order chi connectivity index (χ1) is 15.7. The van der Waals surface area contributed by atoms with Crippen LogP contribution in [0.15, 0.2) is 48.5 Å². The number of morpholine rings is 1. The molecule has 2 aromatic rings. The van der Waals surface area contributed by atoms with E-state index in [2.05, 4.69) is 5.32 Å². The van der Waals surface area contributed by atoms with Gasteiger partial charge in [0.15, 0.2) is 0 Å². The number of benzene rings is 2. The number of alkyl halides is 3. The molecule has 3 amide bonds. The largest absolute Gasteiger partial charge is 0.508 e. The molecule has 0 unspecified atom stereocenters. The Morgan fingerprint density at radius 3 is 2.33 bits per heavy atom. The van der Waals surface area contributed by atoms with Gasteiger partial charge in [0.2, 0.25) is 0 Å². The van der Waals surface area contributed by atoms with Crippen molar-refractivity contribution < 1.29 is 32.6 Å². The molecule has 2 N–H and O–H groups in total. The van der Waals surface area contributed by atoms with E-state index >= 15 is 0 Å². The molecule has 2 aliphatic heterocycles. The highest BCUT2D eigenvalue weighted by Gasteiger charge is 2.42. The monoisotopic (exact) mass is 463 g/mol. The number of rotatable bonds is 2. The summed E-state index contributed by atoms with van der Waals surface area (Å²) in [5, 5.41) is 12.3. The van der Waals surface area contributed by atoms with Crippen molar-refractivity contribution in [2.24, 2.45) is 0 Å². The Morgan fingerprint density at radius 2 is 1.70 bits per heavy atom. The van der Waals surface area contributed by atoms with Gasteiger partial charge in [-0.2, -0.15) is 13.2 Å². The van der Waals surface area contributed by atoms with Gasteiger partial charge in [-0.3, -0.25) is 4.79 Å². The van der Waals surface area contributed by atoms with Gasteiger partial charge >= 0.3 is 12.2 Å². The second kappa shape index (κ2) is 8.93. The van der Waals surface area contributed by atoms with Gasteiger partial charge in [0.05, 0.1) is 24.3 Å². The number of nitrogens with zero attached hydrogens (tertiary/aromatic N) is 2. The molecule has 176 valence electrons. The maximum absolute atomic E-state index is 12.7. The van der Waals surface area contributed by atoms with E-state index in [4.69, 9.17) is 4.74 Å². The smallest absolute Gasteiger partial charge is 0.416 e. The molecule has 2 aliphatic rings. The molecule has 7 nitrogen and oxygen atoms in total. The lowest BCUT2D eigenvalue weighted by atomic mass is 9.89. The average Bonchev–Trinajstić information content (AvgIpc) is 2.79. The summed E-state index contributed by atoms with van der Waals surface area (Å²) < 4.78 is 44.2. The van der Waals surface area contributed by atoms with Crippen LogP contribution in [-0.4, -0.2) is 65.2 Å². The van der Waals surface area contributed by atoms with Gasteiger partial charge in [-0.05, 0) is 55.3 Å². The first kappa shape index (κ1) is 22.9. The van der Waals surface area contributed by atoms with Crippen LogP contribution in [0.1, 0.15) is 28.8 Å². The van der Waals surface area contributed by atoms with Gasteiger partial charge in [0.25, 0.3) is 5.91 Å². The molecule has 2 saturated heterocycles. The van der Waals surface area contributed by atoms with Gasteiger partial charge in [-0.25, -0.2) is 4.79 Å². The Morgan fingerprint density at radius 1 is 1.00 bits per heavy atom. The number of urea groups is 1. The number of phenols is 1. The molecule has 0 saturated carbocycles. The number of carbonyl (C=O) groups excluding carboxylic acids is 2. The number of carbonyl (C=O) groups is 2. The lowest BCUT2D eigenvalue weighted by Crippen LogP contribution is -2.59. The number of phenolic OH excluding ortho intramolecular Hbond substituents is 1. The number of amides is 3. The van der Waals surface area contributed by atoms with E-state index in [1.807, 2.05) is 0 Å². The van der Waals surface area contributed by atoms with E-state index in [1.165, 1.54) is 24.3 Å². The van der Waals surface area contributed by atoms with Crippen molar-refractivity contribution in [1.82, 2.24) is 9.80 Å². The molecule has 10 heteroatoms. The highest BCUT2D eigenvalue weighted by atomic mass is 19.4. The maximum atomic E-state index is 12.7. The van der Waals surface area contributed by atoms with Crippen molar-refractivity contribution >= 4 is 17.6 Å². The second-order valence-corrected chi connectivity index (χ2v) is 8.30. The summed E-state index contributed by atoms with van der Waals surface area (Å²) in [6.45, 7) is 1.92. The molecule has 0 radical (unpaired) electrons. The van der Waals surface area contributed by atoms with Crippen molar-refractivity contribution in [3.63, 3.8) is 0 Å². The van der Waals surface area contributed by atoms with E-state index in [0.717, 1.165) is 12.1 Å². The summed E-state index contributed by atoms with van der Waals surface area (Å²) in [4.78, 5) is 28.7. The number of likely N-dealkylation sites (tertiary alicyclic amines) is 1. The van der Waals surface area contributed by atoms with Crippen LogP contribution < -0.4 is 5.32 Å². The molecule has 2 fully saturated rings. The zero-order valence-corrected chi connectivity index (χ0v) is 17.8. The molecule has 2 heterocycles. The molecule has 4 rings (SSSR count).